The van der Waals surface area contributed by atoms with Gasteiger partial charge in [0.2, 0.25) is 0 Å². The van der Waals surface area contributed by atoms with Gasteiger partial charge in [0.1, 0.15) is 5.75 Å². The molecule has 0 heterocycles. The van der Waals surface area contributed by atoms with Crippen molar-refractivity contribution in [3.05, 3.63) is 50.9 Å². The lowest BCUT2D eigenvalue weighted by Gasteiger charge is -2.12. The number of benzene rings is 2. The summed E-state index contributed by atoms with van der Waals surface area (Å²) in [5.74, 6) is 0.738. The zero-order chi connectivity index (χ0) is 13.8. The summed E-state index contributed by atoms with van der Waals surface area (Å²) in [7, 11) is 1.62. The molecule has 3 nitrogen and oxygen atoms in total. The van der Waals surface area contributed by atoms with E-state index in [0.29, 0.717) is 5.56 Å². The molecule has 2 aromatic rings. The molecule has 0 aliphatic carbocycles. The van der Waals surface area contributed by atoms with E-state index >= 15 is 0 Å². The highest BCUT2D eigenvalue weighted by Gasteiger charge is 2.07. The number of anilines is 2. The molecule has 0 unspecified atom stereocenters. The molecular formula is C14H10Br2N2O. The van der Waals surface area contributed by atoms with Gasteiger partial charge in [-0.25, -0.2) is 0 Å². The molecule has 0 aliphatic rings. The average molecular weight is 382 g/mol. The fourth-order valence-corrected chi connectivity index (χ4v) is 2.86. The van der Waals surface area contributed by atoms with Crippen molar-refractivity contribution >= 4 is 43.2 Å². The number of ether oxygens (including phenoxy) is 1. The van der Waals surface area contributed by atoms with Gasteiger partial charge in [-0.3, -0.25) is 0 Å². The largest absolute Gasteiger partial charge is 0.495 e. The van der Waals surface area contributed by atoms with Crippen LogP contribution in [0.3, 0.4) is 0 Å². The third kappa shape index (κ3) is 3.28. The summed E-state index contributed by atoms with van der Waals surface area (Å²) in [5, 5.41) is 12.1. The summed E-state index contributed by atoms with van der Waals surface area (Å²) in [6, 6.07) is 13.2. The van der Waals surface area contributed by atoms with Gasteiger partial charge >= 0.3 is 0 Å². The Morgan fingerprint density at radius 1 is 1.16 bits per heavy atom. The summed E-state index contributed by atoms with van der Waals surface area (Å²) in [6.45, 7) is 0. The lowest BCUT2D eigenvalue weighted by atomic mass is 10.2. The zero-order valence-electron chi connectivity index (χ0n) is 10.1. The summed E-state index contributed by atoms with van der Waals surface area (Å²) < 4.78 is 7.04. The minimum Gasteiger partial charge on any atom is -0.495 e. The van der Waals surface area contributed by atoms with Gasteiger partial charge in [-0.1, -0.05) is 6.07 Å². The Morgan fingerprint density at radius 3 is 2.63 bits per heavy atom. The molecule has 19 heavy (non-hydrogen) atoms. The zero-order valence-corrected chi connectivity index (χ0v) is 13.2. The van der Waals surface area contributed by atoms with E-state index in [1.54, 1.807) is 19.2 Å². The van der Waals surface area contributed by atoms with Crippen LogP contribution in [-0.2, 0) is 0 Å². The molecule has 96 valence electrons. The maximum absolute atomic E-state index is 8.89. The van der Waals surface area contributed by atoms with E-state index in [0.717, 1.165) is 26.1 Å². The van der Waals surface area contributed by atoms with Crippen molar-refractivity contribution in [2.75, 3.05) is 12.4 Å². The smallest absolute Gasteiger partial charge is 0.135 e. The van der Waals surface area contributed by atoms with E-state index < -0.39 is 0 Å². The Hall–Kier alpha value is -1.51. The number of nitriles is 1. The Labute approximate surface area is 128 Å². The van der Waals surface area contributed by atoms with Gasteiger partial charge in [-0.2, -0.15) is 5.26 Å². The highest BCUT2D eigenvalue weighted by molar-refractivity contribution is 9.11. The van der Waals surface area contributed by atoms with E-state index in [-0.39, 0.29) is 0 Å². The highest BCUT2D eigenvalue weighted by atomic mass is 79.9. The third-order valence-corrected chi connectivity index (χ3v) is 3.79. The molecule has 5 heteroatoms. The molecule has 0 fully saturated rings. The first-order chi connectivity index (χ1) is 9.13. The van der Waals surface area contributed by atoms with Crippen molar-refractivity contribution < 1.29 is 4.74 Å². The van der Waals surface area contributed by atoms with Crippen molar-refractivity contribution in [3.63, 3.8) is 0 Å². The number of rotatable bonds is 3. The summed E-state index contributed by atoms with van der Waals surface area (Å²) >= 11 is 6.91. The second-order valence-electron chi connectivity index (χ2n) is 3.78. The van der Waals surface area contributed by atoms with Crippen LogP contribution in [0.4, 0.5) is 11.4 Å². The van der Waals surface area contributed by atoms with Crippen molar-refractivity contribution in [2.45, 2.75) is 0 Å². The molecule has 0 amide bonds. The van der Waals surface area contributed by atoms with Crippen LogP contribution in [-0.4, -0.2) is 7.11 Å². The molecule has 0 saturated carbocycles. The second-order valence-corrected chi connectivity index (χ2v) is 5.49. The van der Waals surface area contributed by atoms with E-state index in [4.69, 9.17) is 10.00 Å². The van der Waals surface area contributed by atoms with Gasteiger partial charge in [-0.05, 0) is 56.1 Å². The van der Waals surface area contributed by atoms with Crippen LogP contribution < -0.4 is 10.1 Å². The summed E-state index contributed by atoms with van der Waals surface area (Å²) in [6.07, 6.45) is 0. The van der Waals surface area contributed by atoms with E-state index in [2.05, 4.69) is 43.2 Å². The minimum atomic E-state index is 0.616. The maximum atomic E-state index is 8.89. The summed E-state index contributed by atoms with van der Waals surface area (Å²) in [5.41, 5.74) is 2.34. The third-order valence-electron chi connectivity index (χ3n) is 2.51. The Balaban J connectivity index is 2.35. The van der Waals surface area contributed by atoms with Crippen LogP contribution in [0.1, 0.15) is 5.56 Å². The molecule has 0 atom stereocenters. The lowest BCUT2D eigenvalue weighted by Crippen LogP contribution is -1.94. The van der Waals surface area contributed by atoms with Gasteiger partial charge in [-0.15, -0.1) is 0 Å². The van der Waals surface area contributed by atoms with E-state index in [1.165, 1.54) is 0 Å². The topological polar surface area (TPSA) is 45.0 Å². The van der Waals surface area contributed by atoms with Gasteiger partial charge in [0.15, 0.2) is 0 Å². The van der Waals surface area contributed by atoms with Crippen LogP contribution >= 0.6 is 31.9 Å². The Kier molecular flexibility index (Phi) is 4.46. The van der Waals surface area contributed by atoms with Crippen molar-refractivity contribution in [2.24, 2.45) is 0 Å². The minimum absolute atomic E-state index is 0.616. The normalized spacial score (nSPS) is 9.79. The highest BCUT2D eigenvalue weighted by Crippen LogP contribution is 2.35. The molecule has 0 aromatic heterocycles. The van der Waals surface area contributed by atoms with Crippen molar-refractivity contribution in [1.82, 2.24) is 0 Å². The van der Waals surface area contributed by atoms with Crippen LogP contribution in [0.25, 0.3) is 0 Å². The average Bonchev–Trinajstić information content (AvgIpc) is 2.42. The van der Waals surface area contributed by atoms with Crippen LogP contribution in [0.5, 0.6) is 5.75 Å². The molecule has 1 N–H and O–H groups in total. The predicted molar refractivity (Wildman–Crippen MR) is 82.8 cm³/mol. The maximum Gasteiger partial charge on any atom is 0.135 e. The number of hydrogen-bond donors (Lipinski definition) is 1. The van der Waals surface area contributed by atoms with Gasteiger partial charge in [0, 0.05) is 16.2 Å². The fourth-order valence-electron chi connectivity index (χ4n) is 1.60. The lowest BCUT2D eigenvalue weighted by molar-refractivity contribution is 0.412. The molecule has 0 saturated heterocycles. The number of hydrogen-bond acceptors (Lipinski definition) is 3. The van der Waals surface area contributed by atoms with Crippen LogP contribution in [0, 0.1) is 11.3 Å². The van der Waals surface area contributed by atoms with Crippen molar-refractivity contribution in [1.29, 1.82) is 5.26 Å². The predicted octanol–water partition coefficient (Wildman–Crippen LogP) is 4.84. The number of nitrogens with zero attached hydrogens (tertiary/aromatic N) is 1. The first-order valence-electron chi connectivity index (χ1n) is 5.44. The van der Waals surface area contributed by atoms with Crippen LogP contribution in [0.15, 0.2) is 45.3 Å². The summed E-state index contributed by atoms with van der Waals surface area (Å²) in [4.78, 5) is 0. The second kappa shape index (κ2) is 6.09. The van der Waals surface area contributed by atoms with E-state index in [1.807, 2.05) is 24.3 Å². The molecule has 2 aromatic carbocycles. The molecular weight excluding hydrogens is 372 g/mol. The standard InChI is InChI=1S/C14H10Br2N2O/c1-19-14-7-13(11(15)6-12(14)16)18-10-4-2-3-9(5-10)8-17/h2-7,18H,1H3. The quantitative estimate of drug-likeness (QED) is 0.827. The first kappa shape index (κ1) is 13.9. The Bertz CT molecular complexity index is 650. The number of methoxy groups -OCH3 is 1. The molecule has 0 radical (unpaired) electrons. The molecule has 0 aliphatic heterocycles. The Morgan fingerprint density at radius 2 is 1.95 bits per heavy atom. The molecule has 0 spiro atoms. The van der Waals surface area contributed by atoms with E-state index in [9.17, 15) is 0 Å². The number of nitrogens with one attached hydrogen (secondary N) is 1. The van der Waals surface area contributed by atoms with Gasteiger partial charge in [0.25, 0.3) is 0 Å². The first-order valence-corrected chi connectivity index (χ1v) is 7.03. The molecule has 0 bridgehead atoms. The monoisotopic (exact) mass is 380 g/mol. The fraction of sp³-hybridized carbons (Fsp3) is 0.0714. The van der Waals surface area contributed by atoms with Crippen LogP contribution in [0.2, 0.25) is 0 Å². The van der Waals surface area contributed by atoms with Crippen molar-refractivity contribution in [3.8, 4) is 11.8 Å². The molecule has 2 rings (SSSR count). The SMILES string of the molecule is COc1cc(Nc2cccc(C#N)c2)c(Br)cc1Br. The number of halogens is 2. The van der Waals surface area contributed by atoms with Gasteiger partial charge in [0.05, 0.1) is 28.9 Å². The van der Waals surface area contributed by atoms with Gasteiger partial charge < -0.3 is 10.1 Å².